The fraction of sp³-hybridized carbons (Fsp3) is 0.500. The molecule has 60 valence electrons. The quantitative estimate of drug-likeness (QED) is 0.502. The van der Waals surface area contributed by atoms with Crippen LogP contribution < -0.4 is 0 Å². The first-order valence-electron chi connectivity index (χ1n) is 4.00. The van der Waals surface area contributed by atoms with Crippen LogP contribution in [-0.4, -0.2) is 6.21 Å². The third-order valence-electron chi connectivity index (χ3n) is 1.65. The number of hydrogen-bond donors (Lipinski definition) is 0. The third kappa shape index (κ3) is 2.34. The van der Waals surface area contributed by atoms with Crippen LogP contribution in [0.1, 0.15) is 27.2 Å². The lowest BCUT2D eigenvalue weighted by molar-refractivity contribution is 0.497. The standard InChI is InChI=1S/C10H15N/c1-10(2,3)9-7-5-4-6-8-11-9/h4,6-8H,5H2,1-3H3. The van der Waals surface area contributed by atoms with Gasteiger partial charge < -0.3 is 0 Å². The van der Waals surface area contributed by atoms with E-state index in [9.17, 15) is 0 Å². The van der Waals surface area contributed by atoms with Gasteiger partial charge in [-0.15, -0.1) is 0 Å². The number of aliphatic imine (C=N–C) groups is 1. The highest BCUT2D eigenvalue weighted by atomic mass is 14.8. The van der Waals surface area contributed by atoms with Crippen LogP contribution in [0.3, 0.4) is 0 Å². The molecular formula is C10H15N. The Morgan fingerprint density at radius 1 is 1.36 bits per heavy atom. The van der Waals surface area contributed by atoms with E-state index < -0.39 is 0 Å². The second kappa shape index (κ2) is 3.04. The minimum atomic E-state index is 0.183. The van der Waals surface area contributed by atoms with Gasteiger partial charge in [0.25, 0.3) is 0 Å². The van der Waals surface area contributed by atoms with E-state index >= 15 is 0 Å². The van der Waals surface area contributed by atoms with Crippen LogP contribution in [0.4, 0.5) is 0 Å². The number of nitrogens with zero attached hydrogens (tertiary/aromatic N) is 1. The molecule has 0 saturated heterocycles. The predicted molar refractivity (Wildman–Crippen MR) is 49.8 cm³/mol. The highest BCUT2D eigenvalue weighted by Crippen LogP contribution is 2.26. The fourth-order valence-corrected chi connectivity index (χ4v) is 0.995. The zero-order chi connectivity index (χ0) is 8.32. The zero-order valence-corrected chi connectivity index (χ0v) is 7.46. The molecular weight excluding hydrogens is 134 g/mol. The minimum absolute atomic E-state index is 0.183. The van der Waals surface area contributed by atoms with Gasteiger partial charge in [0.15, 0.2) is 0 Å². The molecule has 0 amide bonds. The first-order valence-corrected chi connectivity index (χ1v) is 4.00. The second-order valence-electron chi connectivity index (χ2n) is 3.78. The molecule has 0 radical (unpaired) electrons. The summed E-state index contributed by atoms with van der Waals surface area (Å²) < 4.78 is 0. The molecule has 0 fully saturated rings. The lowest BCUT2D eigenvalue weighted by atomic mass is 9.92. The van der Waals surface area contributed by atoms with Crippen LogP contribution in [0.25, 0.3) is 0 Å². The van der Waals surface area contributed by atoms with Crippen molar-refractivity contribution in [3.8, 4) is 0 Å². The molecule has 1 heterocycles. The predicted octanol–water partition coefficient (Wildman–Crippen LogP) is 2.95. The van der Waals surface area contributed by atoms with Crippen molar-refractivity contribution in [1.82, 2.24) is 0 Å². The molecule has 1 nitrogen and oxygen atoms in total. The van der Waals surface area contributed by atoms with Gasteiger partial charge in [-0.2, -0.15) is 0 Å². The molecule has 0 aliphatic carbocycles. The smallest absolute Gasteiger partial charge is 0.0420 e. The molecule has 1 aliphatic rings. The van der Waals surface area contributed by atoms with Crippen molar-refractivity contribution in [2.45, 2.75) is 27.2 Å². The van der Waals surface area contributed by atoms with Gasteiger partial charge >= 0.3 is 0 Å². The van der Waals surface area contributed by atoms with Gasteiger partial charge in [0.05, 0.1) is 0 Å². The summed E-state index contributed by atoms with van der Waals surface area (Å²) in [6, 6.07) is 0. The highest BCUT2D eigenvalue weighted by molar-refractivity contribution is 5.72. The second-order valence-corrected chi connectivity index (χ2v) is 3.78. The normalized spacial score (nSPS) is 17.9. The third-order valence-corrected chi connectivity index (χ3v) is 1.65. The first kappa shape index (κ1) is 8.25. The zero-order valence-electron chi connectivity index (χ0n) is 7.46. The van der Waals surface area contributed by atoms with E-state index in [2.05, 4.69) is 37.9 Å². The molecule has 0 spiro atoms. The average molecular weight is 149 g/mol. The molecule has 11 heavy (non-hydrogen) atoms. The van der Waals surface area contributed by atoms with E-state index in [0.29, 0.717) is 0 Å². The Morgan fingerprint density at radius 2 is 2.09 bits per heavy atom. The Bertz CT molecular complexity index is 214. The van der Waals surface area contributed by atoms with E-state index in [4.69, 9.17) is 0 Å². The summed E-state index contributed by atoms with van der Waals surface area (Å²) in [6.07, 6.45) is 9.16. The van der Waals surface area contributed by atoms with Gasteiger partial charge in [-0.1, -0.05) is 32.9 Å². The highest BCUT2D eigenvalue weighted by Gasteiger charge is 2.15. The van der Waals surface area contributed by atoms with Crippen LogP contribution >= 0.6 is 0 Å². The summed E-state index contributed by atoms with van der Waals surface area (Å²) in [5.41, 5.74) is 1.37. The Hall–Kier alpha value is -0.850. The SMILES string of the molecule is CC(C)(C)C1=CCC=CC=N1. The average Bonchev–Trinajstić information content (AvgIpc) is 2.10. The van der Waals surface area contributed by atoms with Crippen molar-refractivity contribution >= 4 is 6.21 Å². The maximum absolute atomic E-state index is 4.34. The maximum Gasteiger partial charge on any atom is 0.0420 e. The fourth-order valence-electron chi connectivity index (χ4n) is 0.995. The Kier molecular flexibility index (Phi) is 2.28. The van der Waals surface area contributed by atoms with E-state index in [1.165, 1.54) is 5.70 Å². The van der Waals surface area contributed by atoms with Gasteiger partial charge in [-0.3, -0.25) is 4.99 Å². The molecule has 0 N–H and O–H groups in total. The lowest BCUT2D eigenvalue weighted by Crippen LogP contribution is -2.07. The summed E-state index contributed by atoms with van der Waals surface area (Å²) in [4.78, 5) is 4.34. The molecule has 0 bridgehead atoms. The van der Waals surface area contributed by atoms with E-state index in [0.717, 1.165) is 6.42 Å². The van der Waals surface area contributed by atoms with Crippen LogP contribution in [-0.2, 0) is 0 Å². The van der Waals surface area contributed by atoms with Crippen LogP contribution in [0.5, 0.6) is 0 Å². The Balaban J connectivity index is 2.81. The monoisotopic (exact) mass is 149 g/mol. The summed E-state index contributed by atoms with van der Waals surface area (Å²) >= 11 is 0. The van der Waals surface area contributed by atoms with Gasteiger partial charge in [0, 0.05) is 17.3 Å². The molecule has 0 unspecified atom stereocenters. The summed E-state index contributed by atoms with van der Waals surface area (Å²) in [5, 5.41) is 0. The topological polar surface area (TPSA) is 12.4 Å². The van der Waals surface area contributed by atoms with Crippen LogP contribution in [0.15, 0.2) is 28.9 Å². The lowest BCUT2D eigenvalue weighted by Gasteiger charge is -2.18. The van der Waals surface area contributed by atoms with E-state index in [1.807, 2.05) is 12.3 Å². The minimum Gasteiger partial charge on any atom is -0.261 e. The molecule has 1 aliphatic heterocycles. The van der Waals surface area contributed by atoms with Gasteiger partial charge in [0.1, 0.15) is 0 Å². The summed E-state index contributed by atoms with van der Waals surface area (Å²) in [5.74, 6) is 0. The molecule has 1 heteroatoms. The van der Waals surface area contributed by atoms with Crippen molar-refractivity contribution in [3.05, 3.63) is 23.9 Å². The van der Waals surface area contributed by atoms with Crippen LogP contribution in [0, 0.1) is 5.41 Å². The van der Waals surface area contributed by atoms with Crippen molar-refractivity contribution in [3.63, 3.8) is 0 Å². The molecule has 0 aromatic rings. The van der Waals surface area contributed by atoms with Crippen molar-refractivity contribution < 1.29 is 0 Å². The van der Waals surface area contributed by atoms with E-state index in [1.54, 1.807) is 0 Å². The number of allylic oxidation sites excluding steroid dienone is 4. The Morgan fingerprint density at radius 3 is 2.73 bits per heavy atom. The van der Waals surface area contributed by atoms with Gasteiger partial charge in [-0.25, -0.2) is 0 Å². The molecule has 0 aromatic heterocycles. The van der Waals surface area contributed by atoms with Crippen molar-refractivity contribution in [1.29, 1.82) is 0 Å². The van der Waals surface area contributed by atoms with Gasteiger partial charge in [0.2, 0.25) is 0 Å². The first-order chi connectivity index (χ1) is 5.11. The molecule has 1 rings (SSSR count). The number of hydrogen-bond acceptors (Lipinski definition) is 1. The van der Waals surface area contributed by atoms with Crippen molar-refractivity contribution in [2.24, 2.45) is 10.4 Å². The number of rotatable bonds is 0. The van der Waals surface area contributed by atoms with Crippen LogP contribution in [0.2, 0.25) is 0 Å². The molecule has 0 saturated carbocycles. The van der Waals surface area contributed by atoms with Crippen molar-refractivity contribution in [2.75, 3.05) is 0 Å². The summed E-state index contributed by atoms with van der Waals surface area (Å²) in [7, 11) is 0. The molecule has 0 aromatic carbocycles. The largest absolute Gasteiger partial charge is 0.261 e. The summed E-state index contributed by atoms with van der Waals surface area (Å²) in [6.45, 7) is 6.55. The maximum atomic E-state index is 4.34. The Labute approximate surface area is 68.5 Å². The molecule has 0 atom stereocenters. The van der Waals surface area contributed by atoms with E-state index in [-0.39, 0.29) is 5.41 Å². The van der Waals surface area contributed by atoms with Gasteiger partial charge in [-0.05, 0) is 12.5 Å².